The molecule has 0 bridgehead atoms. The van der Waals surface area contributed by atoms with Gasteiger partial charge in [0.25, 0.3) is 0 Å². The molecule has 13 nitrogen and oxygen atoms in total. The van der Waals surface area contributed by atoms with Crippen molar-refractivity contribution in [2.24, 2.45) is 41.1 Å². The van der Waals surface area contributed by atoms with E-state index < -0.39 is 84.2 Å². The van der Waals surface area contributed by atoms with Crippen molar-refractivity contribution in [3.05, 3.63) is 343 Å². The lowest BCUT2D eigenvalue weighted by Crippen LogP contribution is -2.30. The molecular formula is C100H108N13+5. The van der Waals surface area contributed by atoms with Crippen LogP contribution in [0.3, 0.4) is 0 Å². The van der Waals surface area contributed by atoms with Gasteiger partial charge in [0.15, 0.2) is 31.0 Å². The van der Waals surface area contributed by atoms with Crippen LogP contribution < -0.4 is 22.8 Å². The number of pyridine rings is 7. The topological polar surface area (TPSA) is 123 Å². The zero-order valence-electron chi connectivity index (χ0n) is 92.9. The Labute approximate surface area is 709 Å². The van der Waals surface area contributed by atoms with E-state index in [0.29, 0.717) is 39.6 Å². The van der Waals surface area contributed by atoms with Gasteiger partial charge in [0.2, 0.25) is 28.5 Å². The van der Waals surface area contributed by atoms with Crippen LogP contribution in [0.15, 0.2) is 286 Å². The van der Waals surface area contributed by atoms with Crippen LogP contribution in [0.25, 0.3) is 113 Å². The van der Waals surface area contributed by atoms with Crippen LogP contribution in [0.1, 0.15) is 155 Å². The second-order valence-corrected chi connectivity index (χ2v) is 26.9. The van der Waals surface area contributed by atoms with Crippen molar-refractivity contribution in [3.8, 4) is 113 Å². The SMILES string of the molecule is [2H]C([2H])([2H])C([2H])(C)C([2H])([2H])c1cccc(-c2cc[n+](C)c(-c3ccccc3C)c2)n1.[2H]C([2H])([2H])C([2H])([2H])c1nccc(-c2cc[n+](C)c(-c3ccccc3C)c2)n1.[2H]C([2H])([2H])C([2H])(c1cccc(-c2cc[n+](C)c(-c3ccccc3C)c2)n1)C([2H])([2H])[2H].[2H]C([2H])([2H])C([2H])(c1nccc(-c2cc[n+](C)c(-c3ccccc3C)c2)n1)C([2H])([2H])[2H].[2H]C([2H])([2H])c1nccc(-c2cc[n+](C)c(-c3ccccc3C)c2)n1. The molecule has 0 N–H and O–H groups in total. The summed E-state index contributed by atoms with van der Waals surface area (Å²) in [6.45, 7) is -9.10. The molecule has 15 aromatic rings. The lowest BCUT2D eigenvalue weighted by atomic mass is 10.0. The molecule has 0 amide bonds. The van der Waals surface area contributed by atoms with E-state index in [-0.39, 0.29) is 23.0 Å². The van der Waals surface area contributed by atoms with Crippen molar-refractivity contribution in [3.63, 3.8) is 0 Å². The van der Waals surface area contributed by atoms with Gasteiger partial charge in [-0.25, -0.2) is 52.7 Å². The fourth-order valence-corrected chi connectivity index (χ4v) is 12.6. The molecule has 15 rings (SSSR count). The summed E-state index contributed by atoms with van der Waals surface area (Å²) in [7, 11) is 9.72. The molecule has 0 aliphatic carbocycles. The minimum absolute atomic E-state index is 0.0701. The number of hydrogen-bond donors (Lipinski definition) is 0. The van der Waals surface area contributed by atoms with Gasteiger partial charge >= 0.3 is 0 Å². The molecule has 0 fully saturated rings. The van der Waals surface area contributed by atoms with Gasteiger partial charge in [0.05, 0.1) is 28.5 Å². The second-order valence-electron chi connectivity index (χ2n) is 26.9. The van der Waals surface area contributed by atoms with Crippen molar-refractivity contribution in [1.29, 1.82) is 0 Å². The maximum atomic E-state index is 8.38. The number of aromatic nitrogens is 13. The monoisotopic (exact) mass is 1520 g/mol. The molecule has 0 aliphatic heterocycles. The average molecular weight is 1520 g/mol. The van der Waals surface area contributed by atoms with Crippen LogP contribution in [0, 0.1) is 47.4 Å². The standard InChI is InChI=1S/C22H25N2.C21H23N2.C20H22N3.C19H20N3.C18H18N3/c1-16(2)14-19-9-7-11-21(23-19)18-12-13-24(4)22(15-18)20-10-6-5-8-17(20)3;1-15(2)19-10-7-11-20(22-19)17-12-13-23(4)21(14-17)18-9-6-5-8-16(18)3;1-14(2)20-21-11-9-18(22-20)16-10-12-23(4)19(13-16)17-8-6-5-7-15(17)3;1-4-19-20-11-9-17(21-19)15-10-12-22(3)18(13-15)16-8-6-5-7-14(16)2;1-13-6-4-5-7-16(13)18-12-15(9-11-21(18)3)17-8-10-19-14(2)20-17/h5-13,15-16H,14H2,1-4H3;5-15H,1-4H3;5-14H,1-4H3;5-13H,4H2,1-3H3;4-12H,1-3H3/q5*+1/i1D3,14D2,16D;1D3,2D3,15D;1D3,2D3,14D;1D3,4D2;2D3. The lowest BCUT2D eigenvalue weighted by Gasteiger charge is -2.09. The fourth-order valence-electron chi connectivity index (χ4n) is 12.6. The molecule has 10 heterocycles. The van der Waals surface area contributed by atoms with Gasteiger partial charge in [0, 0.05) is 197 Å². The number of hydrogen-bond acceptors (Lipinski definition) is 8. The third-order valence-electron chi connectivity index (χ3n) is 18.7. The highest BCUT2D eigenvalue weighted by Crippen LogP contribution is 2.32. The predicted molar refractivity (Wildman–Crippen MR) is 459 cm³/mol. The Kier molecular flexibility index (Phi) is 17.6. The fraction of sp³-hybridized carbons (Fsp3) is 0.230. The Morgan fingerprint density at radius 1 is 0.345 bits per heavy atom. The first-order valence-corrected chi connectivity index (χ1v) is 36.3. The molecule has 0 saturated heterocycles. The van der Waals surface area contributed by atoms with Gasteiger partial charge in [0.1, 0.15) is 52.7 Å². The number of benzene rings is 5. The smallest absolute Gasteiger partial charge is 0.213 e. The van der Waals surface area contributed by atoms with Gasteiger partial charge in [-0.3, -0.25) is 9.97 Å². The van der Waals surface area contributed by atoms with Crippen molar-refractivity contribution in [2.75, 3.05) is 0 Å². The molecule has 1 atom stereocenters. The van der Waals surface area contributed by atoms with Crippen LogP contribution in [-0.4, -0.2) is 39.9 Å². The number of rotatable bonds is 15. The largest absolute Gasteiger partial charge is 0.253 e. The van der Waals surface area contributed by atoms with E-state index in [1.807, 2.05) is 281 Å². The van der Waals surface area contributed by atoms with E-state index in [4.69, 9.17) is 38.4 Å². The van der Waals surface area contributed by atoms with E-state index >= 15 is 0 Å². The molecule has 568 valence electrons. The molecule has 113 heavy (non-hydrogen) atoms. The van der Waals surface area contributed by atoms with Crippen molar-refractivity contribution in [1.82, 2.24) is 39.9 Å². The molecule has 0 radical (unpaired) electrons. The highest BCUT2D eigenvalue weighted by Gasteiger charge is 2.21. The Bertz CT molecular complexity index is 6810. The van der Waals surface area contributed by atoms with Crippen LogP contribution >= 0.6 is 0 Å². The summed E-state index contributed by atoms with van der Waals surface area (Å²) in [4.78, 5) is 33.0. The average Bonchev–Trinajstić information content (AvgIpc) is 0.744. The van der Waals surface area contributed by atoms with E-state index in [1.165, 1.54) is 36.3 Å². The van der Waals surface area contributed by atoms with Crippen LogP contribution in [0.4, 0.5) is 0 Å². The molecule has 0 spiro atoms. The Hall–Kier alpha value is -12.6. The molecule has 0 saturated carbocycles. The predicted octanol–water partition coefficient (Wildman–Crippen LogP) is 20.2. The van der Waals surface area contributed by atoms with Crippen LogP contribution in [-0.2, 0) is 48.0 Å². The molecule has 10 aromatic heterocycles. The molecule has 1 unspecified atom stereocenters. The third-order valence-corrected chi connectivity index (χ3v) is 18.7. The number of aryl methyl sites for hydroxylation is 12. The molecule has 0 aliphatic rings. The second kappa shape index (κ2) is 38.4. The van der Waals surface area contributed by atoms with E-state index in [0.717, 1.165) is 102 Å². The van der Waals surface area contributed by atoms with Gasteiger partial charge < -0.3 is 0 Å². The summed E-state index contributed by atoms with van der Waals surface area (Å²) in [6, 6.07) is 73.4. The molecule has 13 heteroatoms. The maximum absolute atomic E-state index is 8.38. The van der Waals surface area contributed by atoms with Crippen LogP contribution in [0.5, 0.6) is 0 Å². The Morgan fingerprint density at radius 3 is 1.08 bits per heavy atom. The number of nitrogens with zero attached hydrogens (tertiary/aromatic N) is 13. The quantitative estimate of drug-likeness (QED) is 0.0930. The highest BCUT2D eigenvalue weighted by molar-refractivity contribution is 5.73. The van der Waals surface area contributed by atoms with Gasteiger partial charge in [-0.1, -0.05) is 151 Å². The Morgan fingerprint density at radius 2 is 0.699 bits per heavy atom. The first-order chi connectivity index (χ1) is 65.5. The first-order valence-electron chi connectivity index (χ1n) is 50.3. The Balaban J connectivity index is 0.000000169. The van der Waals surface area contributed by atoms with Crippen LogP contribution in [0.2, 0.25) is 0 Å². The zero-order valence-corrected chi connectivity index (χ0v) is 64.9. The van der Waals surface area contributed by atoms with Gasteiger partial charge in [-0.2, -0.15) is 0 Å². The minimum Gasteiger partial charge on any atom is -0.253 e. The van der Waals surface area contributed by atoms with E-state index in [1.54, 1.807) is 48.5 Å². The van der Waals surface area contributed by atoms with Gasteiger partial charge in [-0.05, 0) is 160 Å². The zero-order chi connectivity index (χ0) is 104. The van der Waals surface area contributed by atoms with E-state index in [2.05, 4.69) is 58.9 Å². The molecule has 5 aromatic carbocycles. The van der Waals surface area contributed by atoms with Crippen molar-refractivity contribution < 1.29 is 61.2 Å². The van der Waals surface area contributed by atoms with Gasteiger partial charge in [-0.15, -0.1) is 0 Å². The summed E-state index contributed by atoms with van der Waals surface area (Å²) in [5.74, 6) is -9.13. The summed E-state index contributed by atoms with van der Waals surface area (Å²) in [5.41, 5.74) is 21.6. The summed E-state index contributed by atoms with van der Waals surface area (Å²) >= 11 is 0. The summed E-state index contributed by atoms with van der Waals surface area (Å²) < 4.78 is 227. The van der Waals surface area contributed by atoms with E-state index in [9.17, 15) is 0 Å². The lowest BCUT2D eigenvalue weighted by molar-refractivity contribution is -0.660. The summed E-state index contributed by atoms with van der Waals surface area (Å²) in [5, 5.41) is 0. The first kappa shape index (κ1) is 51.8. The summed E-state index contributed by atoms with van der Waals surface area (Å²) in [6.07, 6.45) is 8.56. The normalized spacial score (nSPS) is 16.3. The highest BCUT2D eigenvalue weighted by atomic mass is 15.0. The molecular weight excluding hydrogens is 1380 g/mol. The third kappa shape index (κ3) is 21.1. The van der Waals surface area contributed by atoms with Crippen molar-refractivity contribution >= 4 is 0 Å². The maximum Gasteiger partial charge on any atom is 0.213 e. The van der Waals surface area contributed by atoms with Crippen molar-refractivity contribution in [2.45, 2.75) is 114 Å². The minimum atomic E-state index is -3.13.